The van der Waals surface area contributed by atoms with Crippen LogP contribution in [0.25, 0.3) is 0 Å². The van der Waals surface area contributed by atoms with Gasteiger partial charge >= 0.3 is 0 Å². The zero-order chi connectivity index (χ0) is 14.3. The molecule has 0 N–H and O–H groups in total. The summed E-state index contributed by atoms with van der Waals surface area (Å²) in [5.74, 6) is 2.47. The Morgan fingerprint density at radius 3 is 2.32 bits per heavy atom. The van der Waals surface area contributed by atoms with Crippen LogP contribution >= 0.6 is 12.6 Å². The molecule has 0 heterocycles. The molecule has 0 aliphatic rings. The van der Waals surface area contributed by atoms with Gasteiger partial charge in [0.25, 0.3) is 0 Å². The minimum Gasteiger partial charge on any atom is -0.493 e. The molecule has 0 aromatic heterocycles. The van der Waals surface area contributed by atoms with E-state index in [4.69, 9.17) is 4.74 Å². The highest BCUT2D eigenvalue weighted by Gasteiger charge is 2.26. The zero-order valence-corrected chi connectivity index (χ0v) is 13.7. The molecule has 0 spiro atoms. The largest absolute Gasteiger partial charge is 0.493 e. The molecular formula is C17H28OS. The number of benzene rings is 1. The fourth-order valence-corrected chi connectivity index (χ4v) is 2.73. The van der Waals surface area contributed by atoms with E-state index in [1.807, 2.05) is 0 Å². The summed E-state index contributed by atoms with van der Waals surface area (Å²) in [5, 5.41) is 0. The molecule has 0 radical (unpaired) electrons. The van der Waals surface area contributed by atoms with Crippen molar-refractivity contribution in [3.63, 3.8) is 0 Å². The first-order chi connectivity index (χ1) is 9.12. The molecule has 1 aromatic rings. The second-order valence-corrected chi connectivity index (χ2v) is 5.82. The van der Waals surface area contributed by atoms with Gasteiger partial charge in [-0.3, -0.25) is 0 Å². The highest BCUT2D eigenvalue weighted by atomic mass is 32.1. The van der Waals surface area contributed by atoms with Crippen LogP contribution in [0.2, 0.25) is 0 Å². The molecule has 1 nitrogen and oxygen atoms in total. The fraction of sp³-hybridized carbons (Fsp3) is 0.647. The Morgan fingerprint density at radius 2 is 1.79 bits per heavy atom. The van der Waals surface area contributed by atoms with E-state index in [9.17, 15) is 0 Å². The van der Waals surface area contributed by atoms with E-state index in [0.717, 1.165) is 37.4 Å². The van der Waals surface area contributed by atoms with Crippen molar-refractivity contribution in [3.05, 3.63) is 29.8 Å². The second-order valence-electron chi connectivity index (χ2n) is 5.50. The molecule has 0 amide bonds. The van der Waals surface area contributed by atoms with E-state index in [-0.39, 0.29) is 5.41 Å². The molecule has 0 bridgehead atoms. The summed E-state index contributed by atoms with van der Waals surface area (Å²) >= 11 is 4.51. The predicted molar refractivity (Wildman–Crippen MR) is 87.5 cm³/mol. The highest BCUT2D eigenvalue weighted by molar-refractivity contribution is 7.80. The van der Waals surface area contributed by atoms with Gasteiger partial charge in [-0.1, -0.05) is 45.9 Å². The zero-order valence-electron chi connectivity index (χ0n) is 12.8. The second kappa shape index (κ2) is 7.84. The lowest BCUT2D eigenvalue weighted by molar-refractivity contribution is 0.155. The third kappa shape index (κ3) is 4.17. The van der Waals surface area contributed by atoms with Crippen LogP contribution in [0.1, 0.15) is 58.4 Å². The average molecular weight is 280 g/mol. The van der Waals surface area contributed by atoms with E-state index < -0.39 is 0 Å². The van der Waals surface area contributed by atoms with Crippen LogP contribution in [-0.4, -0.2) is 12.4 Å². The van der Waals surface area contributed by atoms with Crippen LogP contribution < -0.4 is 4.74 Å². The molecule has 0 aliphatic heterocycles. The van der Waals surface area contributed by atoms with Crippen LogP contribution in [0.5, 0.6) is 5.75 Å². The van der Waals surface area contributed by atoms with Crippen molar-refractivity contribution in [2.45, 2.75) is 52.9 Å². The summed E-state index contributed by atoms with van der Waals surface area (Å²) < 4.78 is 6.15. The van der Waals surface area contributed by atoms with E-state index in [1.54, 1.807) is 0 Å². The maximum atomic E-state index is 6.15. The Bertz CT molecular complexity index is 363. The van der Waals surface area contributed by atoms with Gasteiger partial charge in [0.15, 0.2) is 0 Å². The number of hydrogen-bond donors (Lipinski definition) is 1. The molecule has 2 heteroatoms. The smallest absolute Gasteiger partial charge is 0.122 e. The molecular weight excluding hydrogens is 252 g/mol. The SMILES string of the molecule is CCC(C)c1ccccc1OCC(CC)(CC)CS. The Labute approximate surface area is 124 Å². The monoisotopic (exact) mass is 280 g/mol. The molecule has 0 aliphatic carbocycles. The normalized spacial score (nSPS) is 13.3. The molecule has 108 valence electrons. The average Bonchev–Trinajstić information content (AvgIpc) is 2.49. The Kier molecular flexibility index (Phi) is 6.78. The van der Waals surface area contributed by atoms with Gasteiger partial charge in [-0.05, 0) is 42.6 Å². The molecule has 0 saturated heterocycles. The van der Waals surface area contributed by atoms with E-state index in [1.165, 1.54) is 5.56 Å². The molecule has 0 saturated carbocycles. The molecule has 1 rings (SSSR count). The number of rotatable bonds is 8. The van der Waals surface area contributed by atoms with Gasteiger partial charge in [-0.25, -0.2) is 0 Å². The van der Waals surface area contributed by atoms with Crippen molar-refractivity contribution in [1.29, 1.82) is 0 Å². The van der Waals surface area contributed by atoms with Gasteiger partial charge in [-0.15, -0.1) is 0 Å². The lowest BCUT2D eigenvalue weighted by Gasteiger charge is -2.30. The van der Waals surface area contributed by atoms with Crippen molar-refractivity contribution in [2.24, 2.45) is 5.41 Å². The topological polar surface area (TPSA) is 9.23 Å². The highest BCUT2D eigenvalue weighted by Crippen LogP contribution is 2.32. The summed E-state index contributed by atoms with van der Waals surface area (Å²) in [4.78, 5) is 0. The summed E-state index contributed by atoms with van der Waals surface area (Å²) in [5.41, 5.74) is 1.52. The van der Waals surface area contributed by atoms with Gasteiger partial charge in [-0.2, -0.15) is 12.6 Å². The predicted octanol–water partition coefficient (Wildman–Crippen LogP) is 5.32. The quantitative estimate of drug-likeness (QED) is 0.634. The number of para-hydroxylation sites is 1. The molecule has 1 atom stereocenters. The maximum Gasteiger partial charge on any atom is 0.122 e. The van der Waals surface area contributed by atoms with E-state index >= 15 is 0 Å². The van der Waals surface area contributed by atoms with E-state index in [0.29, 0.717) is 5.92 Å². The van der Waals surface area contributed by atoms with Crippen LogP contribution in [0.3, 0.4) is 0 Å². The van der Waals surface area contributed by atoms with Crippen molar-refractivity contribution in [3.8, 4) is 5.75 Å². The third-order valence-corrected chi connectivity index (χ3v) is 5.10. The van der Waals surface area contributed by atoms with Crippen LogP contribution in [0.15, 0.2) is 24.3 Å². The van der Waals surface area contributed by atoms with Gasteiger partial charge in [0.05, 0.1) is 6.61 Å². The minimum atomic E-state index is 0.200. The standard InChI is InChI=1S/C17H28OS/c1-5-14(4)15-10-8-9-11-16(15)18-12-17(6-2,7-3)13-19/h8-11,14,19H,5-7,12-13H2,1-4H3. The summed E-state index contributed by atoms with van der Waals surface area (Å²) in [6.07, 6.45) is 3.36. The van der Waals surface area contributed by atoms with Crippen molar-refractivity contribution in [1.82, 2.24) is 0 Å². The van der Waals surface area contributed by atoms with Crippen LogP contribution in [0, 0.1) is 5.41 Å². The first kappa shape index (κ1) is 16.4. The van der Waals surface area contributed by atoms with Gasteiger partial charge in [0.1, 0.15) is 5.75 Å². The Morgan fingerprint density at radius 1 is 1.16 bits per heavy atom. The number of ether oxygens (including phenoxy) is 1. The Hall–Kier alpha value is -0.630. The minimum absolute atomic E-state index is 0.200. The van der Waals surface area contributed by atoms with Crippen LogP contribution in [-0.2, 0) is 0 Å². The number of thiol groups is 1. The molecule has 1 unspecified atom stereocenters. The molecule has 19 heavy (non-hydrogen) atoms. The lowest BCUT2D eigenvalue weighted by Crippen LogP contribution is -2.29. The van der Waals surface area contributed by atoms with Crippen molar-refractivity contribution < 1.29 is 4.74 Å². The molecule has 0 fully saturated rings. The Balaban J connectivity index is 2.82. The van der Waals surface area contributed by atoms with Gasteiger partial charge in [0.2, 0.25) is 0 Å². The first-order valence-corrected chi connectivity index (χ1v) is 8.08. The third-order valence-electron chi connectivity index (χ3n) is 4.43. The summed E-state index contributed by atoms with van der Waals surface area (Å²) in [6.45, 7) is 9.69. The lowest BCUT2D eigenvalue weighted by atomic mass is 9.85. The van der Waals surface area contributed by atoms with Gasteiger partial charge < -0.3 is 4.74 Å². The summed E-state index contributed by atoms with van der Waals surface area (Å²) in [7, 11) is 0. The van der Waals surface area contributed by atoms with Crippen molar-refractivity contribution in [2.75, 3.05) is 12.4 Å². The van der Waals surface area contributed by atoms with E-state index in [2.05, 4.69) is 64.6 Å². The summed E-state index contributed by atoms with van der Waals surface area (Å²) in [6, 6.07) is 8.43. The maximum absolute atomic E-state index is 6.15. The fourth-order valence-electron chi connectivity index (χ4n) is 2.19. The number of hydrogen-bond acceptors (Lipinski definition) is 2. The van der Waals surface area contributed by atoms with Crippen molar-refractivity contribution >= 4 is 12.6 Å². The van der Waals surface area contributed by atoms with Crippen LogP contribution in [0.4, 0.5) is 0 Å². The van der Waals surface area contributed by atoms with Gasteiger partial charge in [0, 0.05) is 5.41 Å². The molecule has 1 aromatic carbocycles. The first-order valence-electron chi connectivity index (χ1n) is 7.45.